The van der Waals surface area contributed by atoms with Crippen LogP contribution in [-0.2, 0) is 9.53 Å². The summed E-state index contributed by atoms with van der Waals surface area (Å²) < 4.78 is 5.33. The second-order valence-corrected chi connectivity index (χ2v) is 7.39. The van der Waals surface area contributed by atoms with Gasteiger partial charge in [-0.15, -0.1) is 0 Å². The van der Waals surface area contributed by atoms with Gasteiger partial charge in [-0.1, -0.05) is 0 Å². The summed E-state index contributed by atoms with van der Waals surface area (Å²) in [7, 11) is 0. The first-order chi connectivity index (χ1) is 10.9. The van der Waals surface area contributed by atoms with Crippen molar-refractivity contribution in [1.82, 2.24) is 15.1 Å². The summed E-state index contributed by atoms with van der Waals surface area (Å²) in [6.07, 6.45) is 3.82. The molecule has 6 nitrogen and oxygen atoms in total. The Morgan fingerprint density at radius 3 is 2.57 bits per heavy atom. The van der Waals surface area contributed by atoms with Crippen LogP contribution in [0.1, 0.15) is 47.0 Å². The Kier molecular flexibility index (Phi) is 6.27. The minimum absolute atomic E-state index is 0.0739. The molecule has 2 aliphatic rings. The molecule has 2 saturated heterocycles. The molecule has 132 valence electrons. The minimum Gasteiger partial charge on any atom is -0.459 e. The Morgan fingerprint density at radius 2 is 1.96 bits per heavy atom. The average Bonchev–Trinajstić information content (AvgIpc) is 3.11. The maximum absolute atomic E-state index is 11.9. The van der Waals surface area contributed by atoms with Crippen LogP contribution in [0.4, 0.5) is 0 Å². The Morgan fingerprint density at radius 1 is 1.26 bits per heavy atom. The van der Waals surface area contributed by atoms with Gasteiger partial charge in [0, 0.05) is 25.7 Å². The predicted molar refractivity (Wildman–Crippen MR) is 92.6 cm³/mol. The van der Waals surface area contributed by atoms with E-state index in [9.17, 15) is 4.79 Å². The van der Waals surface area contributed by atoms with Gasteiger partial charge in [0.2, 0.25) is 0 Å². The molecule has 0 spiro atoms. The molecule has 0 radical (unpaired) electrons. The molecule has 0 bridgehead atoms. The van der Waals surface area contributed by atoms with Crippen LogP contribution in [0.25, 0.3) is 0 Å². The zero-order valence-electron chi connectivity index (χ0n) is 15.1. The average molecular weight is 324 g/mol. The molecule has 0 saturated carbocycles. The minimum atomic E-state index is -0.459. The SMILES string of the molecule is CCNC(=NCC(=O)OC(C)(C)C)N1CCC(N2CCCC2)C1. The lowest BCUT2D eigenvalue weighted by Crippen LogP contribution is -2.43. The van der Waals surface area contributed by atoms with Crippen LogP contribution in [-0.4, -0.2) is 72.6 Å². The van der Waals surface area contributed by atoms with Gasteiger partial charge in [-0.25, -0.2) is 4.99 Å². The zero-order chi connectivity index (χ0) is 16.9. The summed E-state index contributed by atoms with van der Waals surface area (Å²) in [6, 6.07) is 0.628. The lowest BCUT2D eigenvalue weighted by molar-refractivity contribution is -0.152. The van der Waals surface area contributed by atoms with E-state index in [-0.39, 0.29) is 12.5 Å². The molecule has 1 N–H and O–H groups in total. The van der Waals surface area contributed by atoms with Crippen LogP contribution < -0.4 is 5.32 Å². The molecule has 1 unspecified atom stereocenters. The third-order valence-electron chi connectivity index (χ3n) is 4.23. The molecule has 0 aromatic rings. The van der Waals surface area contributed by atoms with Gasteiger partial charge in [0.05, 0.1) is 0 Å². The second-order valence-electron chi connectivity index (χ2n) is 7.39. The van der Waals surface area contributed by atoms with E-state index in [0.717, 1.165) is 25.6 Å². The number of aliphatic imine (C=N–C) groups is 1. The van der Waals surface area contributed by atoms with Gasteiger partial charge >= 0.3 is 5.97 Å². The van der Waals surface area contributed by atoms with Gasteiger partial charge in [0.15, 0.2) is 5.96 Å². The van der Waals surface area contributed by atoms with E-state index in [0.29, 0.717) is 6.04 Å². The predicted octanol–water partition coefficient (Wildman–Crippen LogP) is 1.46. The van der Waals surface area contributed by atoms with Crippen molar-refractivity contribution in [2.45, 2.75) is 58.6 Å². The molecule has 2 fully saturated rings. The molecule has 0 aliphatic carbocycles. The van der Waals surface area contributed by atoms with Crippen molar-refractivity contribution in [2.24, 2.45) is 4.99 Å². The molecule has 0 amide bonds. The Hall–Kier alpha value is -1.30. The number of rotatable bonds is 4. The molecule has 2 rings (SSSR count). The highest BCUT2D eigenvalue weighted by Crippen LogP contribution is 2.20. The van der Waals surface area contributed by atoms with Crippen LogP contribution in [0.5, 0.6) is 0 Å². The summed E-state index contributed by atoms with van der Waals surface area (Å²) in [5, 5.41) is 3.30. The standard InChI is InChI=1S/C17H32N4O2/c1-5-18-16(19-12-15(22)23-17(2,3)4)21-11-8-14(13-21)20-9-6-7-10-20/h14H,5-13H2,1-4H3,(H,18,19). The van der Waals surface area contributed by atoms with Gasteiger partial charge < -0.3 is 15.0 Å². The second kappa shape index (κ2) is 7.99. The van der Waals surface area contributed by atoms with Crippen molar-refractivity contribution in [3.63, 3.8) is 0 Å². The van der Waals surface area contributed by atoms with Crippen LogP contribution in [0, 0.1) is 0 Å². The summed E-state index contributed by atoms with van der Waals surface area (Å²) >= 11 is 0. The fraction of sp³-hybridized carbons (Fsp3) is 0.882. The van der Waals surface area contributed by atoms with E-state index in [1.807, 2.05) is 20.8 Å². The van der Waals surface area contributed by atoms with Gasteiger partial charge in [0.25, 0.3) is 0 Å². The fourth-order valence-corrected chi connectivity index (χ4v) is 3.28. The Labute approximate surface area is 140 Å². The van der Waals surface area contributed by atoms with Gasteiger partial charge in [0.1, 0.15) is 12.1 Å². The van der Waals surface area contributed by atoms with Crippen LogP contribution >= 0.6 is 0 Å². The summed E-state index contributed by atoms with van der Waals surface area (Å²) in [6.45, 7) is 13.0. The van der Waals surface area contributed by atoms with Crippen molar-refractivity contribution < 1.29 is 9.53 Å². The van der Waals surface area contributed by atoms with Crippen LogP contribution in [0.15, 0.2) is 4.99 Å². The molecule has 23 heavy (non-hydrogen) atoms. The zero-order valence-corrected chi connectivity index (χ0v) is 15.1. The molecule has 0 aromatic carbocycles. The van der Waals surface area contributed by atoms with E-state index >= 15 is 0 Å². The third-order valence-corrected chi connectivity index (χ3v) is 4.23. The molecular formula is C17H32N4O2. The Balaban J connectivity index is 1.90. The van der Waals surface area contributed by atoms with E-state index in [1.165, 1.54) is 32.4 Å². The molecular weight excluding hydrogens is 292 g/mol. The maximum Gasteiger partial charge on any atom is 0.328 e. The number of carbonyl (C=O) groups is 1. The number of likely N-dealkylation sites (tertiary alicyclic amines) is 2. The number of carbonyl (C=O) groups excluding carboxylic acids is 1. The summed E-state index contributed by atoms with van der Waals surface area (Å²) in [5.41, 5.74) is -0.459. The number of esters is 1. The summed E-state index contributed by atoms with van der Waals surface area (Å²) in [5.74, 6) is 0.559. The number of ether oxygens (including phenoxy) is 1. The monoisotopic (exact) mass is 324 g/mol. The molecule has 6 heteroatoms. The smallest absolute Gasteiger partial charge is 0.328 e. The first-order valence-corrected chi connectivity index (χ1v) is 8.88. The number of guanidine groups is 1. The quantitative estimate of drug-likeness (QED) is 0.482. The highest BCUT2D eigenvalue weighted by atomic mass is 16.6. The topological polar surface area (TPSA) is 57.2 Å². The first kappa shape index (κ1) is 18.0. The van der Waals surface area contributed by atoms with E-state index in [4.69, 9.17) is 4.74 Å². The summed E-state index contributed by atoms with van der Waals surface area (Å²) in [4.78, 5) is 21.2. The number of hydrogen-bond acceptors (Lipinski definition) is 4. The van der Waals surface area contributed by atoms with Gasteiger partial charge in [-0.05, 0) is 60.0 Å². The van der Waals surface area contributed by atoms with Crippen molar-refractivity contribution >= 4 is 11.9 Å². The maximum atomic E-state index is 11.9. The number of nitrogens with zero attached hydrogens (tertiary/aromatic N) is 3. The molecule has 2 heterocycles. The van der Waals surface area contributed by atoms with Gasteiger partial charge in [-0.3, -0.25) is 9.69 Å². The number of nitrogens with one attached hydrogen (secondary N) is 1. The van der Waals surface area contributed by atoms with Crippen molar-refractivity contribution in [1.29, 1.82) is 0 Å². The van der Waals surface area contributed by atoms with E-state index in [2.05, 4.69) is 27.0 Å². The third kappa shape index (κ3) is 5.68. The Bertz CT molecular complexity index is 425. The molecule has 2 aliphatic heterocycles. The molecule has 1 atom stereocenters. The largest absolute Gasteiger partial charge is 0.459 e. The fourth-order valence-electron chi connectivity index (χ4n) is 3.28. The van der Waals surface area contributed by atoms with E-state index in [1.54, 1.807) is 0 Å². The molecule has 0 aromatic heterocycles. The first-order valence-electron chi connectivity index (χ1n) is 8.88. The van der Waals surface area contributed by atoms with Crippen molar-refractivity contribution in [2.75, 3.05) is 39.3 Å². The van der Waals surface area contributed by atoms with Crippen molar-refractivity contribution in [3.05, 3.63) is 0 Å². The van der Waals surface area contributed by atoms with E-state index < -0.39 is 5.60 Å². The van der Waals surface area contributed by atoms with Crippen molar-refractivity contribution in [3.8, 4) is 0 Å². The van der Waals surface area contributed by atoms with Crippen LogP contribution in [0.3, 0.4) is 0 Å². The highest BCUT2D eigenvalue weighted by molar-refractivity contribution is 5.83. The normalized spacial score (nSPS) is 23.4. The lowest BCUT2D eigenvalue weighted by Gasteiger charge is -2.25. The number of hydrogen-bond donors (Lipinski definition) is 1. The highest BCUT2D eigenvalue weighted by Gasteiger charge is 2.30. The lowest BCUT2D eigenvalue weighted by atomic mass is 10.2. The van der Waals surface area contributed by atoms with Gasteiger partial charge in [-0.2, -0.15) is 0 Å². The van der Waals surface area contributed by atoms with Crippen LogP contribution in [0.2, 0.25) is 0 Å².